The normalized spacial score (nSPS) is 30.6. The van der Waals surface area contributed by atoms with Crippen molar-refractivity contribution in [2.45, 2.75) is 13.3 Å². The van der Waals surface area contributed by atoms with Crippen LogP contribution in [0.5, 0.6) is 0 Å². The molecule has 1 fully saturated rings. The summed E-state index contributed by atoms with van der Waals surface area (Å²) in [7, 11) is 0. The molecule has 0 radical (unpaired) electrons. The van der Waals surface area contributed by atoms with Crippen molar-refractivity contribution < 1.29 is 4.74 Å². The predicted octanol–water partition coefficient (Wildman–Crippen LogP) is 1.41. The van der Waals surface area contributed by atoms with Crippen LogP contribution in [-0.4, -0.2) is 18.1 Å². The first-order chi connectivity index (χ1) is 3.79. The zero-order chi connectivity index (χ0) is 5.98. The molecule has 0 aromatic heterocycles. The third-order valence-corrected chi connectivity index (χ3v) is 1.53. The first-order valence-electron chi connectivity index (χ1n) is 2.88. The molecule has 0 N–H and O–H groups in total. The molecule has 1 heterocycles. The Labute approximate surface area is 55.0 Å². The van der Waals surface area contributed by atoms with Crippen molar-refractivity contribution in [3.05, 3.63) is 0 Å². The Kier molecular flexibility index (Phi) is 1.97. The lowest BCUT2D eigenvalue weighted by Gasteiger charge is -2.18. The highest BCUT2D eigenvalue weighted by atomic mass is 32.1. The predicted molar refractivity (Wildman–Crippen MR) is 37.2 cm³/mol. The van der Waals surface area contributed by atoms with Gasteiger partial charge in [0.05, 0.1) is 6.61 Å². The maximum atomic E-state index is 5.15. The Balaban J connectivity index is 2.34. The van der Waals surface area contributed by atoms with Crippen molar-refractivity contribution in [3.63, 3.8) is 0 Å². The average Bonchev–Trinajstić information content (AvgIpc) is 1.64. The van der Waals surface area contributed by atoms with Crippen LogP contribution in [0, 0.1) is 5.92 Å². The first-order valence-corrected chi connectivity index (χ1v) is 3.29. The number of rotatable bonds is 0. The number of hydrogen-bond acceptors (Lipinski definition) is 2. The Morgan fingerprint density at radius 1 is 1.75 bits per heavy atom. The largest absolute Gasteiger partial charge is 0.376 e. The molecule has 0 bridgehead atoms. The molecule has 1 aliphatic heterocycles. The Hall–Kier alpha value is 0.0500. The van der Waals surface area contributed by atoms with Gasteiger partial charge in [0.2, 0.25) is 0 Å². The standard InChI is InChI=1S/C6H10OS/c1-5-2-6(8)4-7-3-5/h5H,2-4H2,1H3. The van der Waals surface area contributed by atoms with Gasteiger partial charge in [-0.1, -0.05) is 19.1 Å². The maximum Gasteiger partial charge on any atom is 0.0779 e. The molecule has 8 heavy (non-hydrogen) atoms. The van der Waals surface area contributed by atoms with Gasteiger partial charge in [0.25, 0.3) is 0 Å². The van der Waals surface area contributed by atoms with E-state index < -0.39 is 0 Å². The van der Waals surface area contributed by atoms with Gasteiger partial charge in [0.15, 0.2) is 0 Å². The second-order valence-electron chi connectivity index (χ2n) is 2.36. The molecular formula is C6H10OS. The van der Waals surface area contributed by atoms with E-state index >= 15 is 0 Å². The summed E-state index contributed by atoms with van der Waals surface area (Å²) in [5.74, 6) is 0.649. The van der Waals surface area contributed by atoms with E-state index in [0.29, 0.717) is 12.5 Å². The summed E-state index contributed by atoms with van der Waals surface area (Å²) in [6, 6.07) is 0. The molecule has 1 atom stereocenters. The van der Waals surface area contributed by atoms with Crippen LogP contribution in [0.15, 0.2) is 0 Å². The van der Waals surface area contributed by atoms with E-state index in [9.17, 15) is 0 Å². The lowest BCUT2D eigenvalue weighted by atomic mass is 10.1. The molecule has 0 spiro atoms. The van der Waals surface area contributed by atoms with Gasteiger partial charge in [-0.05, 0) is 12.3 Å². The second-order valence-corrected chi connectivity index (χ2v) is 2.94. The minimum atomic E-state index is 0.649. The van der Waals surface area contributed by atoms with Gasteiger partial charge in [0, 0.05) is 11.5 Å². The van der Waals surface area contributed by atoms with Gasteiger partial charge in [-0.2, -0.15) is 0 Å². The fraction of sp³-hybridized carbons (Fsp3) is 0.833. The summed E-state index contributed by atoms with van der Waals surface area (Å²) in [6.07, 6.45) is 1.08. The van der Waals surface area contributed by atoms with E-state index in [-0.39, 0.29) is 0 Å². The number of hydrogen-bond donors (Lipinski definition) is 0. The molecule has 0 saturated carbocycles. The lowest BCUT2D eigenvalue weighted by molar-refractivity contribution is 0.122. The van der Waals surface area contributed by atoms with Gasteiger partial charge in [-0.15, -0.1) is 0 Å². The molecule has 1 saturated heterocycles. The monoisotopic (exact) mass is 130 g/mol. The lowest BCUT2D eigenvalue weighted by Crippen LogP contribution is -2.21. The molecular weight excluding hydrogens is 120 g/mol. The summed E-state index contributed by atoms with van der Waals surface area (Å²) in [5, 5.41) is 0. The van der Waals surface area contributed by atoms with Crippen LogP contribution in [0.2, 0.25) is 0 Å². The van der Waals surface area contributed by atoms with E-state index in [1.165, 1.54) is 0 Å². The van der Waals surface area contributed by atoms with Crippen LogP contribution in [0.3, 0.4) is 0 Å². The third kappa shape index (κ3) is 1.53. The van der Waals surface area contributed by atoms with Crippen LogP contribution in [0.25, 0.3) is 0 Å². The quantitative estimate of drug-likeness (QED) is 0.458. The van der Waals surface area contributed by atoms with Crippen molar-refractivity contribution in [1.82, 2.24) is 0 Å². The van der Waals surface area contributed by atoms with Crippen molar-refractivity contribution in [2.24, 2.45) is 5.92 Å². The van der Waals surface area contributed by atoms with Crippen LogP contribution in [0.1, 0.15) is 13.3 Å². The van der Waals surface area contributed by atoms with E-state index in [4.69, 9.17) is 17.0 Å². The Morgan fingerprint density at radius 2 is 2.50 bits per heavy atom. The van der Waals surface area contributed by atoms with E-state index in [2.05, 4.69) is 6.92 Å². The molecule has 1 rings (SSSR count). The molecule has 0 aromatic carbocycles. The van der Waals surface area contributed by atoms with Gasteiger partial charge < -0.3 is 4.74 Å². The van der Waals surface area contributed by atoms with Crippen LogP contribution < -0.4 is 0 Å². The second kappa shape index (κ2) is 2.55. The third-order valence-electron chi connectivity index (χ3n) is 1.24. The summed E-state index contributed by atoms with van der Waals surface area (Å²) < 4.78 is 5.15. The van der Waals surface area contributed by atoms with Crippen LogP contribution >= 0.6 is 12.2 Å². The van der Waals surface area contributed by atoms with E-state index in [0.717, 1.165) is 17.9 Å². The molecule has 46 valence electrons. The average molecular weight is 130 g/mol. The zero-order valence-electron chi connectivity index (χ0n) is 5.02. The number of ether oxygens (including phenoxy) is 1. The first kappa shape index (κ1) is 6.17. The van der Waals surface area contributed by atoms with Gasteiger partial charge in [-0.25, -0.2) is 0 Å². The fourth-order valence-electron chi connectivity index (χ4n) is 0.880. The zero-order valence-corrected chi connectivity index (χ0v) is 5.83. The summed E-state index contributed by atoms with van der Waals surface area (Å²) in [5.41, 5.74) is 0. The molecule has 1 aliphatic rings. The highest BCUT2D eigenvalue weighted by Crippen LogP contribution is 2.09. The number of thiocarbonyl (C=S) groups is 1. The van der Waals surface area contributed by atoms with Crippen molar-refractivity contribution in [2.75, 3.05) is 13.2 Å². The van der Waals surface area contributed by atoms with Gasteiger partial charge in [0.1, 0.15) is 0 Å². The van der Waals surface area contributed by atoms with Crippen molar-refractivity contribution in [1.29, 1.82) is 0 Å². The molecule has 1 nitrogen and oxygen atoms in total. The molecule has 1 unspecified atom stereocenters. The highest BCUT2D eigenvalue weighted by molar-refractivity contribution is 7.80. The smallest absolute Gasteiger partial charge is 0.0779 e. The fourth-order valence-corrected chi connectivity index (χ4v) is 1.25. The molecule has 2 heteroatoms. The molecule has 0 aromatic rings. The van der Waals surface area contributed by atoms with Crippen LogP contribution in [-0.2, 0) is 4.74 Å². The Bertz CT molecular complexity index is 101. The topological polar surface area (TPSA) is 9.23 Å². The van der Waals surface area contributed by atoms with Crippen molar-refractivity contribution >= 4 is 17.1 Å². The summed E-state index contributed by atoms with van der Waals surface area (Å²) >= 11 is 4.96. The SMILES string of the molecule is CC1COCC(=S)C1. The molecule has 0 aliphatic carbocycles. The van der Waals surface area contributed by atoms with Gasteiger partial charge >= 0.3 is 0 Å². The van der Waals surface area contributed by atoms with Crippen LogP contribution in [0.4, 0.5) is 0 Å². The Morgan fingerprint density at radius 3 is 2.88 bits per heavy atom. The van der Waals surface area contributed by atoms with Gasteiger partial charge in [-0.3, -0.25) is 0 Å². The summed E-state index contributed by atoms with van der Waals surface area (Å²) in [6.45, 7) is 3.76. The maximum absolute atomic E-state index is 5.15. The summed E-state index contributed by atoms with van der Waals surface area (Å²) in [4.78, 5) is 1.07. The minimum Gasteiger partial charge on any atom is -0.376 e. The highest BCUT2D eigenvalue weighted by Gasteiger charge is 2.11. The minimum absolute atomic E-state index is 0.649. The van der Waals surface area contributed by atoms with Crippen molar-refractivity contribution in [3.8, 4) is 0 Å². The van der Waals surface area contributed by atoms with E-state index in [1.807, 2.05) is 0 Å². The van der Waals surface area contributed by atoms with E-state index in [1.54, 1.807) is 0 Å². The molecule has 0 amide bonds.